The second-order valence-electron chi connectivity index (χ2n) is 6.98. The van der Waals surface area contributed by atoms with Crippen molar-refractivity contribution in [3.63, 3.8) is 0 Å². The Morgan fingerprint density at radius 2 is 1.82 bits per heavy atom. The van der Waals surface area contributed by atoms with Gasteiger partial charge in [0.05, 0.1) is 11.8 Å². The largest absolute Gasteiger partial charge is 0.393 e. The zero-order valence-electron chi connectivity index (χ0n) is 14.4. The molecule has 1 aliphatic carbocycles. The SMILES string of the molecule is C=NN(c1ccc(C2CCC(C(C)O)CC2)cc1C)C(C)C. The Labute approximate surface area is 135 Å². The fraction of sp³-hybridized carbons (Fsp3) is 0.632. The summed E-state index contributed by atoms with van der Waals surface area (Å²) in [4.78, 5) is 0. The number of benzene rings is 1. The number of hydrazone groups is 1. The standard InChI is InChI=1S/C19H30N2O/c1-13(2)21(20-5)19-11-10-18(12-14(19)3)17-8-6-16(7-9-17)15(4)22/h10-13,15-17,22H,5-9H2,1-4H3. The minimum atomic E-state index is -0.164. The second-order valence-corrected chi connectivity index (χ2v) is 6.98. The fourth-order valence-corrected chi connectivity index (χ4v) is 3.64. The maximum Gasteiger partial charge on any atom is 0.0626 e. The lowest BCUT2D eigenvalue weighted by atomic mass is 9.77. The Kier molecular flexibility index (Phi) is 5.63. The van der Waals surface area contributed by atoms with Gasteiger partial charge in [-0.3, -0.25) is 5.01 Å². The lowest BCUT2D eigenvalue weighted by molar-refractivity contribution is 0.0967. The Morgan fingerprint density at radius 3 is 2.27 bits per heavy atom. The number of nitrogens with zero attached hydrogens (tertiary/aromatic N) is 2. The van der Waals surface area contributed by atoms with E-state index in [0.717, 1.165) is 18.5 Å². The minimum absolute atomic E-state index is 0.164. The van der Waals surface area contributed by atoms with E-state index < -0.39 is 0 Å². The van der Waals surface area contributed by atoms with Crippen molar-refractivity contribution < 1.29 is 5.11 Å². The predicted molar refractivity (Wildman–Crippen MR) is 94.7 cm³/mol. The van der Waals surface area contributed by atoms with E-state index in [0.29, 0.717) is 17.9 Å². The Bertz CT molecular complexity index is 502. The van der Waals surface area contributed by atoms with Gasteiger partial charge in [0.2, 0.25) is 0 Å². The van der Waals surface area contributed by atoms with E-state index in [1.807, 2.05) is 11.9 Å². The number of aliphatic hydroxyl groups excluding tert-OH is 1. The van der Waals surface area contributed by atoms with Crippen LogP contribution >= 0.6 is 0 Å². The van der Waals surface area contributed by atoms with Crippen LogP contribution in [0.25, 0.3) is 0 Å². The number of hydrogen-bond acceptors (Lipinski definition) is 3. The molecule has 1 saturated carbocycles. The molecule has 0 saturated heterocycles. The lowest BCUT2D eigenvalue weighted by Crippen LogP contribution is -2.25. The summed E-state index contributed by atoms with van der Waals surface area (Å²) in [7, 11) is 0. The van der Waals surface area contributed by atoms with Crippen molar-refractivity contribution in [3.05, 3.63) is 29.3 Å². The molecular formula is C19H30N2O. The summed E-state index contributed by atoms with van der Waals surface area (Å²) in [6, 6.07) is 7.04. The van der Waals surface area contributed by atoms with Gasteiger partial charge in [-0.05, 0) is 82.4 Å². The predicted octanol–water partition coefficient (Wildman–Crippen LogP) is 4.48. The van der Waals surface area contributed by atoms with Gasteiger partial charge in [-0.1, -0.05) is 12.1 Å². The topological polar surface area (TPSA) is 35.8 Å². The van der Waals surface area contributed by atoms with Crippen LogP contribution in [-0.2, 0) is 0 Å². The lowest BCUT2D eigenvalue weighted by Gasteiger charge is -2.31. The molecule has 3 heteroatoms. The van der Waals surface area contributed by atoms with Crippen LogP contribution in [0.15, 0.2) is 23.3 Å². The highest BCUT2D eigenvalue weighted by molar-refractivity contribution is 5.56. The first-order chi connectivity index (χ1) is 10.4. The van der Waals surface area contributed by atoms with E-state index in [4.69, 9.17) is 0 Å². The molecule has 1 atom stereocenters. The van der Waals surface area contributed by atoms with E-state index in [-0.39, 0.29) is 6.10 Å². The summed E-state index contributed by atoms with van der Waals surface area (Å²) >= 11 is 0. The number of aryl methyl sites for hydroxylation is 1. The molecule has 0 spiro atoms. The monoisotopic (exact) mass is 302 g/mol. The molecule has 0 radical (unpaired) electrons. The fourth-order valence-electron chi connectivity index (χ4n) is 3.64. The van der Waals surface area contributed by atoms with Gasteiger partial charge < -0.3 is 5.11 Å². The van der Waals surface area contributed by atoms with Gasteiger partial charge in [0.1, 0.15) is 0 Å². The zero-order valence-corrected chi connectivity index (χ0v) is 14.4. The summed E-state index contributed by atoms with van der Waals surface area (Å²) in [5.41, 5.74) is 3.83. The Morgan fingerprint density at radius 1 is 1.18 bits per heavy atom. The number of aliphatic hydroxyl groups is 1. The van der Waals surface area contributed by atoms with Gasteiger partial charge >= 0.3 is 0 Å². The molecule has 1 aromatic rings. The van der Waals surface area contributed by atoms with Gasteiger partial charge in [0.15, 0.2) is 0 Å². The molecular weight excluding hydrogens is 272 g/mol. The van der Waals surface area contributed by atoms with Crippen molar-refractivity contribution in [2.75, 3.05) is 5.01 Å². The maximum absolute atomic E-state index is 9.73. The van der Waals surface area contributed by atoms with E-state index >= 15 is 0 Å². The minimum Gasteiger partial charge on any atom is -0.393 e. The van der Waals surface area contributed by atoms with Crippen molar-refractivity contribution in [2.24, 2.45) is 11.0 Å². The average molecular weight is 302 g/mol. The summed E-state index contributed by atoms with van der Waals surface area (Å²) in [6.07, 6.45) is 4.47. The van der Waals surface area contributed by atoms with Crippen molar-refractivity contribution in [1.29, 1.82) is 0 Å². The highest BCUT2D eigenvalue weighted by Crippen LogP contribution is 2.38. The first kappa shape index (κ1) is 17.0. The van der Waals surface area contributed by atoms with E-state index in [9.17, 15) is 5.11 Å². The van der Waals surface area contributed by atoms with Crippen LogP contribution < -0.4 is 5.01 Å². The first-order valence-corrected chi connectivity index (χ1v) is 8.48. The molecule has 1 fully saturated rings. The molecule has 22 heavy (non-hydrogen) atoms. The van der Waals surface area contributed by atoms with Crippen molar-refractivity contribution in [3.8, 4) is 0 Å². The van der Waals surface area contributed by atoms with Gasteiger partial charge in [0.25, 0.3) is 0 Å². The van der Waals surface area contributed by atoms with Crippen LogP contribution in [0.4, 0.5) is 5.69 Å². The molecule has 2 rings (SSSR count). The molecule has 1 aliphatic rings. The molecule has 3 nitrogen and oxygen atoms in total. The Balaban J connectivity index is 2.12. The maximum atomic E-state index is 9.73. The molecule has 1 N–H and O–H groups in total. The van der Waals surface area contributed by atoms with Crippen LogP contribution in [0.5, 0.6) is 0 Å². The molecule has 0 heterocycles. The van der Waals surface area contributed by atoms with Crippen molar-refractivity contribution >= 4 is 12.4 Å². The number of rotatable bonds is 5. The zero-order chi connectivity index (χ0) is 16.3. The molecule has 1 aromatic carbocycles. The summed E-state index contributed by atoms with van der Waals surface area (Å²) in [5.74, 6) is 1.12. The third-order valence-corrected chi connectivity index (χ3v) is 5.03. The smallest absolute Gasteiger partial charge is 0.0626 e. The molecule has 122 valence electrons. The average Bonchev–Trinajstić information content (AvgIpc) is 2.49. The number of hydrogen-bond donors (Lipinski definition) is 1. The van der Waals surface area contributed by atoms with Gasteiger partial charge in [-0.25, -0.2) is 0 Å². The summed E-state index contributed by atoms with van der Waals surface area (Å²) in [5, 5.41) is 15.9. The van der Waals surface area contributed by atoms with E-state index in [1.165, 1.54) is 24.0 Å². The first-order valence-electron chi connectivity index (χ1n) is 8.48. The van der Waals surface area contributed by atoms with Crippen molar-refractivity contribution in [1.82, 2.24) is 0 Å². The summed E-state index contributed by atoms with van der Waals surface area (Å²) < 4.78 is 0. The van der Waals surface area contributed by atoms with Crippen LogP contribution in [0.2, 0.25) is 0 Å². The molecule has 0 amide bonds. The van der Waals surface area contributed by atoms with Gasteiger partial charge in [0, 0.05) is 12.8 Å². The van der Waals surface area contributed by atoms with Crippen molar-refractivity contribution in [2.45, 2.75) is 71.4 Å². The highest BCUT2D eigenvalue weighted by Gasteiger charge is 2.25. The van der Waals surface area contributed by atoms with Gasteiger partial charge in [-0.15, -0.1) is 0 Å². The number of anilines is 1. The van der Waals surface area contributed by atoms with Crippen LogP contribution in [0.1, 0.15) is 63.5 Å². The van der Waals surface area contributed by atoms with Crippen LogP contribution in [-0.4, -0.2) is 24.0 Å². The second kappa shape index (κ2) is 7.28. The van der Waals surface area contributed by atoms with Crippen LogP contribution in [0.3, 0.4) is 0 Å². The molecule has 0 bridgehead atoms. The quantitative estimate of drug-likeness (QED) is 0.643. The Hall–Kier alpha value is -1.35. The molecule has 0 aliphatic heterocycles. The third-order valence-electron chi connectivity index (χ3n) is 5.03. The van der Waals surface area contributed by atoms with Crippen LogP contribution in [0, 0.1) is 12.8 Å². The van der Waals surface area contributed by atoms with E-state index in [1.54, 1.807) is 0 Å². The highest BCUT2D eigenvalue weighted by atomic mass is 16.3. The van der Waals surface area contributed by atoms with Gasteiger partial charge in [-0.2, -0.15) is 5.10 Å². The third kappa shape index (κ3) is 3.70. The normalized spacial score (nSPS) is 23.4. The molecule has 1 unspecified atom stereocenters. The van der Waals surface area contributed by atoms with E-state index in [2.05, 4.69) is 50.8 Å². The molecule has 0 aromatic heterocycles. The summed E-state index contributed by atoms with van der Waals surface area (Å²) in [6.45, 7) is 12.0.